The Labute approximate surface area is 138 Å². The van der Waals surface area contributed by atoms with E-state index in [1.54, 1.807) is 29.3 Å². The van der Waals surface area contributed by atoms with Crippen molar-refractivity contribution in [1.82, 2.24) is 24.3 Å². The molecule has 0 saturated heterocycles. The first-order valence-electron chi connectivity index (χ1n) is 7.84. The lowest BCUT2D eigenvalue weighted by Crippen LogP contribution is -2.07. The second-order valence-corrected chi connectivity index (χ2v) is 5.53. The van der Waals surface area contributed by atoms with Gasteiger partial charge in [-0.05, 0) is 37.3 Å². The topological polar surface area (TPSA) is 48.5 Å². The summed E-state index contributed by atoms with van der Waals surface area (Å²) in [6.07, 6.45) is 5.88. The van der Waals surface area contributed by atoms with Crippen LogP contribution in [0.1, 0.15) is 18.4 Å². The molecule has 0 atom stereocenters. The zero-order valence-electron chi connectivity index (χ0n) is 13.2. The summed E-state index contributed by atoms with van der Waals surface area (Å²) in [5.74, 6) is 0.666. The number of aromatic nitrogens is 5. The molecule has 4 aromatic rings. The molecule has 3 heterocycles. The van der Waals surface area contributed by atoms with Crippen molar-refractivity contribution >= 4 is 11.0 Å². The third-order valence-electron chi connectivity index (χ3n) is 4.06. The average molecular weight is 321 g/mol. The first-order valence-corrected chi connectivity index (χ1v) is 7.84. The molecule has 5 nitrogen and oxygen atoms in total. The van der Waals surface area contributed by atoms with E-state index in [1.807, 2.05) is 18.2 Å². The van der Waals surface area contributed by atoms with Gasteiger partial charge in [-0.1, -0.05) is 6.07 Å². The second-order valence-electron chi connectivity index (χ2n) is 5.53. The summed E-state index contributed by atoms with van der Waals surface area (Å²) in [4.78, 5) is 8.83. The monoisotopic (exact) mass is 321 g/mol. The number of aryl methyl sites for hydroxylation is 1. The molecule has 0 bridgehead atoms. The minimum absolute atomic E-state index is 0.277. The highest BCUT2D eigenvalue weighted by atomic mass is 19.1. The third kappa shape index (κ3) is 2.46. The standard InChI is InChI=1S/C18H16FN5/c1-2-23-17-7-8-20-12-16(17)22-18(23)11-15-6-9-21-24(15)14-5-3-4-13(19)10-14/h3-10,12H,2,11H2,1H3. The maximum Gasteiger partial charge on any atom is 0.125 e. The van der Waals surface area contributed by atoms with Crippen LogP contribution in [0.3, 0.4) is 0 Å². The smallest absolute Gasteiger partial charge is 0.125 e. The van der Waals surface area contributed by atoms with Gasteiger partial charge in [0.15, 0.2) is 0 Å². The number of imidazole rings is 1. The normalized spacial score (nSPS) is 11.2. The first-order chi connectivity index (χ1) is 11.8. The summed E-state index contributed by atoms with van der Waals surface area (Å²) in [6, 6.07) is 10.3. The minimum Gasteiger partial charge on any atom is -0.328 e. The Bertz CT molecular complexity index is 1000. The second kappa shape index (κ2) is 5.88. The average Bonchev–Trinajstić information content (AvgIpc) is 3.19. The Balaban J connectivity index is 1.76. The molecule has 0 saturated carbocycles. The quantitative estimate of drug-likeness (QED) is 0.579. The van der Waals surface area contributed by atoms with Gasteiger partial charge >= 0.3 is 0 Å². The van der Waals surface area contributed by atoms with Gasteiger partial charge in [0, 0.05) is 25.4 Å². The zero-order valence-corrected chi connectivity index (χ0v) is 13.2. The fourth-order valence-corrected chi connectivity index (χ4v) is 2.99. The highest BCUT2D eigenvalue weighted by Crippen LogP contribution is 2.19. The molecule has 6 heteroatoms. The van der Waals surface area contributed by atoms with E-state index in [0.717, 1.165) is 29.1 Å². The number of rotatable bonds is 4. The van der Waals surface area contributed by atoms with Crippen LogP contribution in [0.5, 0.6) is 0 Å². The van der Waals surface area contributed by atoms with Gasteiger partial charge in [0.2, 0.25) is 0 Å². The van der Waals surface area contributed by atoms with E-state index < -0.39 is 0 Å². The van der Waals surface area contributed by atoms with Gasteiger partial charge in [-0.3, -0.25) is 4.98 Å². The van der Waals surface area contributed by atoms with E-state index in [0.29, 0.717) is 12.1 Å². The van der Waals surface area contributed by atoms with Crippen molar-refractivity contribution in [2.24, 2.45) is 0 Å². The maximum absolute atomic E-state index is 13.5. The number of pyridine rings is 1. The van der Waals surface area contributed by atoms with Crippen molar-refractivity contribution in [3.63, 3.8) is 0 Å². The molecule has 0 aliphatic heterocycles. The first kappa shape index (κ1) is 14.6. The molecule has 1 aromatic carbocycles. The highest BCUT2D eigenvalue weighted by Gasteiger charge is 2.13. The van der Waals surface area contributed by atoms with Crippen LogP contribution in [0.15, 0.2) is 55.0 Å². The number of hydrogen-bond acceptors (Lipinski definition) is 3. The van der Waals surface area contributed by atoms with Gasteiger partial charge in [0.1, 0.15) is 17.2 Å². The van der Waals surface area contributed by atoms with E-state index in [-0.39, 0.29) is 5.82 Å². The van der Waals surface area contributed by atoms with Crippen LogP contribution >= 0.6 is 0 Å². The molecule has 0 amide bonds. The van der Waals surface area contributed by atoms with Crippen LogP contribution in [0, 0.1) is 5.82 Å². The van der Waals surface area contributed by atoms with Crippen LogP contribution in [0.2, 0.25) is 0 Å². The van der Waals surface area contributed by atoms with Gasteiger partial charge in [-0.25, -0.2) is 14.1 Å². The van der Waals surface area contributed by atoms with Crippen LogP contribution < -0.4 is 0 Å². The summed E-state index contributed by atoms with van der Waals surface area (Å²) in [5, 5.41) is 4.33. The van der Waals surface area contributed by atoms with E-state index in [9.17, 15) is 4.39 Å². The molecule has 24 heavy (non-hydrogen) atoms. The SMILES string of the molecule is CCn1c(Cc2ccnn2-c2cccc(F)c2)nc2cnccc21. The molecule has 3 aromatic heterocycles. The number of hydrogen-bond donors (Lipinski definition) is 0. The van der Waals surface area contributed by atoms with Crippen molar-refractivity contribution in [1.29, 1.82) is 0 Å². The van der Waals surface area contributed by atoms with E-state index in [1.165, 1.54) is 12.1 Å². The van der Waals surface area contributed by atoms with E-state index in [2.05, 4.69) is 21.6 Å². The number of nitrogens with zero attached hydrogens (tertiary/aromatic N) is 5. The van der Waals surface area contributed by atoms with E-state index >= 15 is 0 Å². The molecule has 0 unspecified atom stereocenters. The summed E-state index contributed by atoms with van der Waals surface area (Å²) in [5.41, 5.74) is 3.61. The van der Waals surface area contributed by atoms with Crippen molar-refractivity contribution in [2.75, 3.05) is 0 Å². The summed E-state index contributed by atoms with van der Waals surface area (Å²) < 4.78 is 17.4. The molecule has 0 fully saturated rings. The largest absolute Gasteiger partial charge is 0.328 e. The lowest BCUT2D eigenvalue weighted by molar-refractivity contribution is 0.624. The van der Waals surface area contributed by atoms with Crippen molar-refractivity contribution in [3.05, 3.63) is 72.3 Å². The Hall–Kier alpha value is -3.02. The summed E-state index contributed by atoms with van der Waals surface area (Å²) in [7, 11) is 0. The fourth-order valence-electron chi connectivity index (χ4n) is 2.99. The molecule has 0 N–H and O–H groups in total. The van der Waals surface area contributed by atoms with Crippen molar-refractivity contribution < 1.29 is 4.39 Å². The van der Waals surface area contributed by atoms with Gasteiger partial charge in [0.05, 0.1) is 23.1 Å². The lowest BCUT2D eigenvalue weighted by atomic mass is 10.2. The van der Waals surface area contributed by atoms with Gasteiger partial charge in [-0.15, -0.1) is 0 Å². The van der Waals surface area contributed by atoms with Crippen molar-refractivity contribution in [2.45, 2.75) is 19.9 Å². The molecule has 0 spiro atoms. The van der Waals surface area contributed by atoms with Crippen molar-refractivity contribution in [3.8, 4) is 5.69 Å². The number of halogens is 1. The summed E-state index contributed by atoms with van der Waals surface area (Å²) in [6.45, 7) is 2.92. The Kier molecular flexibility index (Phi) is 3.57. The maximum atomic E-state index is 13.5. The van der Waals surface area contributed by atoms with Gasteiger partial charge in [-0.2, -0.15) is 5.10 Å². The fraction of sp³-hybridized carbons (Fsp3) is 0.167. The van der Waals surface area contributed by atoms with Gasteiger partial charge in [0.25, 0.3) is 0 Å². The molecular formula is C18H16FN5. The van der Waals surface area contributed by atoms with Crippen LogP contribution in [-0.2, 0) is 13.0 Å². The summed E-state index contributed by atoms with van der Waals surface area (Å²) >= 11 is 0. The number of benzene rings is 1. The lowest BCUT2D eigenvalue weighted by Gasteiger charge is -2.09. The minimum atomic E-state index is -0.277. The predicted octanol–water partition coefficient (Wildman–Crippen LogP) is 3.37. The zero-order chi connectivity index (χ0) is 16.5. The Morgan fingerprint density at radius 1 is 1.12 bits per heavy atom. The van der Waals surface area contributed by atoms with E-state index in [4.69, 9.17) is 4.98 Å². The molecule has 4 rings (SSSR count). The predicted molar refractivity (Wildman–Crippen MR) is 89.5 cm³/mol. The van der Waals surface area contributed by atoms with Crippen LogP contribution in [0.25, 0.3) is 16.7 Å². The van der Waals surface area contributed by atoms with Crippen LogP contribution in [-0.4, -0.2) is 24.3 Å². The molecule has 120 valence electrons. The molecule has 0 aliphatic carbocycles. The number of fused-ring (bicyclic) bond motifs is 1. The molecule has 0 radical (unpaired) electrons. The molecule has 0 aliphatic rings. The van der Waals surface area contributed by atoms with Gasteiger partial charge < -0.3 is 4.57 Å². The third-order valence-corrected chi connectivity index (χ3v) is 4.06. The van der Waals surface area contributed by atoms with Crippen LogP contribution in [0.4, 0.5) is 4.39 Å². The Morgan fingerprint density at radius 3 is 2.88 bits per heavy atom. The highest BCUT2D eigenvalue weighted by molar-refractivity contribution is 5.74. The Morgan fingerprint density at radius 2 is 2.04 bits per heavy atom. The molecular weight excluding hydrogens is 305 g/mol.